The van der Waals surface area contributed by atoms with Crippen LogP contribution in [0.5, 0.6) is 0 Å². The highest BCUT2D eigenvalue weighted by Crippen LogP contribution is 2.25. The molecule has 1 saturated carbocycles. The van der Waals surface area contributed by atoms with E-state index in [9.17, 15) is 0 Å². The van der Waals surface area contributed by atoms with E-state index in [0.717, 1.165) is 25.4 Å². The predicted molar refractivity (Wildman–Crippen MR) is 62.0 cm³/mol. The third-order valence-corrected chi connectivity index (χ3v) is 3.39. The van der Waals surface area contributed by atoms with E-state index in [-0.39, 0.29) is 5.41 Å². The highest BCUT2D eigenvalue weighted by Gasteiger charge is 2.23. The molecule has 0 aromatic carbocycles. The molecule has 0 aliphatic heterocycles. The Morgan fingerprint density at radius 1 is 1.53 bits per heavy atom. The average molecular weight is 213 g/mol. The maximum absolute atomic E-state index is 8.60. The second kappa shape index (κ2) is 5.35. The van der Waals surface area contributed by atoms with Crippen LogP contribution >= 0.6 is 0 Å². The van der Waals surface area contributed by atoms with Crippen molar-refractivity contribution >= 4 is 5.84 Å². The highest BCUT2D eigenvalue weighted by molar-refractivity contribution is 5.85. The van der Waals surface area contributed by atoms with Gasteiger partial charge >= 0.3 is 0 Å². The van der Waals surface area contributed by atoms with E-state index in [1.165, 1.54) is 19.3 Å². The summed E-state index contributed by atoms with van der Waals surface area (Å²) in [6.45, 7) is 6.03. The van der Waals surface area contributed by atoms with Crippen molar-refractivity contribution in [2.75, 3.05) is 13.1 Å². The minimum absolute atomic E-state index is 0.221. The normalized spacial score (nSPS) is 18.9. The Bertz CT molecular complexity index is 222. The molecular formula is C11H23N3O. The lowest BCUT2D eigenvalue weighted by molar-refractivity contribution is 0.291. The quantitative estimate of drug-likeness (QED) is 0.206. The lowest BCUT2D eigenvalue weighted by Gasteiger charge is -2.27. The molecule has 0 atom stereocenters. The molecule has 0 amide bonds. The molecule has 0 heterocycles. The molecule has 15 heavy (non-hydrogen) atoms. The van der Waals surface area contributed by atoms with Crippen LogP contribution in [-0.2, 0) is 0 Å². The maximum Gasteiger partial charge on any atom is 0.144 e. The zero-order valence-electron chi connectivity index (χ0n) is 9.79. The summed E-state index contributed by atoms with van der Waals surface area (Å²) < 4.78 is 0. The minimum atomic E-state index is -0.221. The van der Waals surface area contributed by atoms with Gasteiger partial charge < -0.3 is 16.3 Å². The van der Waals surface area contributed by atoms with Crippen LogP contribution < -0.4 is 11.1 Å². The monoisotopic (exact) mass is 213 g/mol. The van der Waals surface area contributed by atoms with E-state index in [1.807, 2.05) is 13.8 Å². The minimum Gasteiger partial charge on any atom is -0.409 e. The van der Waals surface area contributed by atoms with Gasteiger partial charge in [0.1, 0.15) is 5.84 Å². The summed E-state index contributed by atoms with van der Waals surface area (Å²) >= 11 is 0. The standard InChI is InChI=1S/C11H23N3O/c1-11(2,10(12)14-15)6-7-13-8-9-4-3-5-9/h9,13,15H,3-8H2,1-2H3,(H2,12,14). The molecule has 1 aliphatic rings. The molecule has 4 N–H and O–H groups in total. The summed E-state index contributed by atoms with van der Waals surface area (Å²) in [5, 5.41) is 15.1. The Balaban J connectivity index is 2.12. The number of oxime groups is 1. The Hall–Kier alpha value is -0.770. The molecule has 0 unspecified atom stereocenters. The molecule has 1 aliphatic carbocycles. The highest BCUT2D eigenvalue weighted by atomic mass is 16.4. The molecular weight excluding hydrogens is 190 g/mol. The van der Waals surface area contributed by atoms with Crippen molar-refractivity contribution in [2.45, 2.75) is 39.5 Å². The molecule has 0 bridgehead atoms. The molecule has 0 aromatic heterocycles. The van der Waals surface area contributed by atoms with Crippen molar-refractivity contribution in [1.29, 1.82) is 0 Å². The number of hydrogen-bond donors (Lipinski definition) is 3. The molecule has 4 heteroatoms. The van der Waals surface area contributed by atoms with Crippen LogP contribution in [0.1, 0.15) is 39.5 Å². The first-order valence-electron chi connectivity index (χ1n) is 5.75. The summed E-state index contributed by atoms with van der Waals surface area (Å²) in [5.41, 5.74) is 5.38. The molecule has 0 radical (unpaired) electrons. The first-order valence-corrected chi connectivity index (χ1v) is 5.75. The van der Waals surface area contributed by atoms with Gasteiger partial charge in [-0.1, -0.05) is 25.4 Å². The van der Waals surface area contributed by atoms with E-state index in [2.05, 4.69) is 10.5 Å². The Kier molecular flexibility index (Phi) is 4.39. The molecule has 0 aromatic rings. The van der Waals surface area contributed by atoms with Gasteiger partial charge in [0.05, 0.1) is 0 Å². The average Bonchev–Trinajstić information content (AvgIpc) is 2.13. The lowest BCUT2D eigenvalue weighted by Crippen LogP contribution is -2.36. The third kappa shape index (κ3) is 3.70. The zero-order chi connectivity index (χ0) is 11.3. The second-order valence-corrected chi connectivity index (χ2v) is 5.12. The van der Waals surface area contributed by atoms with Gasteiger partial charge in [-0.3, -0.25) is 0 Å². The largest absolute Gasteiger partial charge is 0.409 e. The predicted octanol–water partition coefficient (Wildman–Crippen LogP) is 1.54. The Labute approximate surface area is 91.9 Å². The van der Waals surface area contributed by atoms with E-state index >= 15 is 0 Å². The summed E-state index contributed by atoms with van der Waals surface area (Å²) in [5.74, 6) is 1.20. The van der Waals surface area contributed by atoms with Crippen molar-refractivity contribution in [3.63, 3.8) is 0 Å². The third-order valence-electron chi connectivity index (χ3n) is 3.39. The first kappa shape index (κ1) is 12.3. The van der Waals surface area contributed by atoms with Crippen molar-refractivity contribution < 1.29 is 5.21 Å². The van der Waals surface area contributed by atoms with Gasteiger partial charge in [0, 0.05) is 5.41 Å². The molecule has 4 nitrogen and oxygen atoms in total. The van der Waals surface area contributed by atoms with E-state index in [1.54, 1.807) is 0 Å². The number of nitrogens with two attached hydrogens (primary N) is 1. The SMILES string of the molecule is CC(C)(CCNCC1CCC1)C(N)=NO. The van der Waals surface area contributed by atoms with Gasteiger partial charge in [-0.2, -0.15) is 0 Å². The van der Waals surface area contributed by atoms with Gasteiger partial charge in [0.15, 0.2) is 0 Å². The Morgan fingerprint density at radius 2 is 2.20 bits per heavy atom. The molecule has 1 fully saturated rings. The van der Waals surface area contributed by atoms with Crippen molar-refractivity contribution in [1.82, 2.24) is 5.32 Å². The Morgan fingerprint density at radius 3 is 2.67 bits per heavy atom. The number of rotatable bonds is 6. The van der Waals surface area contributed by atoms with Gasteiger partial charge in [0.2, 0.25) is 0 Å². The summed E-state index contributed by atoms with van der Waals surface area (Å²) in [4.78, 5) is 0. The fourth-order valence-electron chi connectivity index (χ4n) is 1.67. The summed E-state index contributed by atoms with van der Waals surface area (Å²) in [7, 11) is 0. The van der Waals surface area contributed by atoms with Crippen molar-refractivity contribution in [2.24, 2.45) is 22.2 Å². The van der Waals surface area contributed by atoms with E-state index < -0.39 is 0 Å². The van der Waals surface area contributed by atoms with Crippen LogP contribution in [0.15, 0.2) is 5.16 Å². The topological polar surface area (TPSA) is 70.6 Å². The number of amidine groups is 1. The van der Waals surface area contributed by atoms with Crippen molar-refractivity contribution in [3.8, 4) is 0 Å². The summed E-state index contributed by atoms with van der Waals surface area (Å²) in [6, 6.07) is 0. The van der Waals surface area contributed by atoms with Gasteiger partial charge in [0.25, 0.3) is 0 Å². The molecule has 1 rings (SSSR count). The van der Waals surface area contributed by atoms with E-state index in [4.69, 9.17) is 10.9 Å². The van der Waals surface area contributed by atoms with Crippen molar-refractivity contribution in [3.05, 3.63) is 0 Å². The van der Waals surface area contributed by atoms with Gasteiger partial charge in [-0.15, -0.1) is 0 Å². The maximum atomic E-state index is 8.60. The number of nitrogens with one attached hydrogen (secondary N) is 1. The van der Waals surface area contributed by atoms with Crippen LogP contribution in [0.25, 0.3) is 0 Å². The molecule has 0 spiro atoms. The lowest BCUT2D eigenvalue weighted by atomic mass is 9.85. The number of nitrogens with zero attached hydrogens (tertiary/aromatic N) is 1. The van der Waals surface area contributed by atoms with Crippen LogP contribution in [0.3, 0.4) is 0 Å². The number of hydrogen-bond acceptors (Lipinski definition) is 3. The van der Waals surface area contributed by atoms with Crippen LogP contribution in [0.4, 0.5) is 0 Å². The van der Waals surface area contributed by atoms with Gasteiger partial charge in [-0.25, -0.2) is 0 Å². The van der Waals surface area contributed by atoms with Crippen LogP contribution in [0.2, 0.25) is 0 Å². The van der Waals surface area contributed by atoms with Gasteiger partial charge in [-0.05, 0) is 38.3 Å². The smallest absolute Gasteiger partial charge is 0.144 e. The fourth-order valence-corrected chi connectivity index (χ4v) is 1.67. The van der Waals surface area contributed by atoms with Crippen LogP contribution in [-0.4, -0.2) is 24.1 Å². The zero-order valence-corrected chi connectivity index (χ0v) is 9.79. The van der Waals surface area contributed by atoms with Crippen LogP contribution in [0, 0.1) is 11.3 Å². The fraction of sp³-hybridized carbons (Fsp3) is 0.909. The summed E-state index contributed by atoms with van der Waals surface area (Å²) in [6.07, 6.45) is 5.03. The second-order valence-electron chi connectivity index (χ2n) is 5.12. The molecule has 88 valence electrons. The van der Waals surface area contributed by atoms with E-state index in [0.29, 0.717) is 5.84 Å². The first-order chi connectivity index (χ1) is 7.06. The molecule has 0 saturated heterocycles.